The summed E-state index contributed by atoms with van der Waals surface area (Å²) in [5.41, 5.74) is 4.70. The van der Waals surface area contributed by atoms with E-state index in [-0.39, 0.29) is 12.2 Å². The number of ether oxygens (including phenoxy) is 1. The fourth-order valence-corrected chi connectivity index (χ4v) is 6.35. The van der Waals surface area contributed by atoms with Crippen LogP contribution in [0.25, 0.3) is 17.0 Å². The van der Waals surface area contributed by atoms with Crippen LogP contribution in [0.2, 0.25) is 5.02 Å². The third kappa shape index (κ3) is 4.72. The molecule has 1 aliphatic rings. The Balaban J connectivity index is 1.50. The summed E-state index contributed by atoms with van der Waals surface area (Å²) in [5, 5.41) is 1.75. The number of rotatable bonds is 6. The molecule has 0 bridgehead atoms. The molecule has 0 spiro atoms. The van der Waals surface area contributed by atoms with Crippen molar-refractivity contribution in [2.24, 2.45) is 4.99 Å². The van der Waals surface area contributed by atoms with Gasteiger partial charge in [-0.3, -0.25) is 9.36 Å². The molecule has 0 radical (unpaired) electrons. The number of esters is 1. The van der Waals surface area contributed by atoms with Gasteiger partial charge in [-0.2, -0.15) is 0 Å². The van der Waals surface area contributed by atoms with Gasteiger partial charge in [0.2, 0.25) is 0 Å². The number of hydrogen-bond acceptors (Lipinski definition) is 5. The van der Waals surface area contributed by atoms with Gasteiger partial charge in [0, 0.05) is 34.2 Å². The zero-order chi connectivity index (χ0) is 27.8. The Morgan fingerprint density at radius 2 is 1.77 bits per heavy atom. The van der Waals surface area contributed by atoms with Gasteiger partial charge >= 0.3 is 5.97 Å². The highest BCUT2D eigenvalue weighted by molar-refractivity contribution is 7.07. The molecule has 8 heteroatoms. The third-order valence-electron chi connectivity index (χ3n) is 7.00. The van der Waals surface area contributed by atoms with E-state index in [1.165, 1.54) is 11.3 Å². The third-order valence-corrected chi connectivity index (χ3v) is 8.24. The second-order valence-electron chi connectivity index (χ2n) is 9.57. The minimum Gasteiger partial charge on any atom is -0.463 e. The highest BCUT2D eigenvalue weighted by Gasteiger charge is 2.33. The van der Waals surface area contributed by atoms with Gasteiger partial charge in [-0.25, -0.2) is 9.79 Å². The molecule has 200 valence electrons. The predicted molar refractivity (Wildman–Crippen MR) is 159 cm³/mol. The lowest BCUT2D eigenvalue weighted by Crippen LogP contribution is -2.39. The number of thiazole rings is 1. The molecule has 2 aromatic heterocycles. The molecule has 1 atom stereocenters. The molecule has 40 heavy (non-hydrogen) atoms. The maximum Gasteiger partial charge on any atom is 0.338 e. The van der Waals surface area contributed by atoms with E-state index in [1.807, 2.05) is 72.8 Å². The Kier molecular flexibility index (Phi) is 7.00. The molecule has 0 aliphatic carbocycles. The molecule has 5 aromatic rings. The zero-order valence-corrected chi connectivity index (χ0v) is 23.6. The van der Waals surface area contributed by atoms with Gasteiger partial charge in [0.1, 0.15) is 0 Å². The molecular formula is C32H26ClN3O3S. The molecule has 0 amide bonds. The zero-order valence-electron chi connectivity index (χ0n) is 22.0. The number of aromatic nitrogens is 2. The van der Waals surface area contributed by atoms with Crippen LogP contribution < -0.4 is 14.9 Å². The van der Waals surface area contributed by atoms with Crippen LogP contribution in [-0.4, -0.2) is 21.7 Å². The number of hydrogen-bond donors (Lipinski definition) is 0. The quantitative estimate of drug-likeness (QED) is 0.256. The van der Waals surface area contributed by atoms with Crippen LogP contribution >= 0.6 is 22.9 Å². The predicted octanol–water partition coefficient (Wildman–Crippen LogP) is 5.45. The van der Waals surface area contributed by atoms with Gasteiger partial charge in [0.05, 0.1) is 28.5 Å². The number of halogens is 1. The summed E-state index contributed by atoms with van der Waals surface area (Å²) in [6.07, 6.45) is 4.00. The van der Waals surface area contributed by atoms with Crippen molar-refractivity contribution >= 4 is 45.9 Å². The summed E-state index contributed by atoms with van der Waals surface area (Å²) in [7, 11) is 0. The number of nitrogens with zero attached hydrogens (tertiary/aromatic N) is 3. The first-order valence-electron chi connectivity index (χ1n) is 13.0. The number of benzene rings is 3. The van der Waals surface area contributed by atoms with Crippen LogP contribution in [0.4, 0.5) is 0 Å². The van der Waals surface area contributed by atoms with Gasteiger partial charge in [-0.15, -0.1) is 0 Å². The maximum absolute atomic E-state index is 14.0. The van der Waals surface area contributed by atoms with Crippen molar-refractivity contribution in [2.45, 2.75) is 26.4 Å². The second kappa shape index (κ2) is 10.8. The van der Waals surface area contributed by atoms with E-state index in [1.54, 1.807) is 18.4 Å². The lowest BCUT2D eigenvalue weighted by Gasteiger charge is -2.24. The van der Waals surface area contributed by atoms with E-state index in [0.29, 0.717) is 32.2 Å². The topological polar surface area (TPSA) is 65.6 Å². The first-order chi connectivity index (χ1) is 19.4. The van der Waals surface area contributed by atoms with Gasteiger partial charge < -0.3 is 9.30 Å². The maximum atomic E-state index is 14.0. The van der Waals surface area contributed by atoms with Crippen LogP contribution in [0.5, 0.6) is 0 Å². The van der Waals surface area contributed by atoms with Crippen molar-refractivity contribution in [2.75, 3.05) is 6.61 Å². The fraction of sp³-hybridized carbons (Fsp3) is 0.156. The van der Waals surface area contributed by atoms with E-state index in [9.17, 15) is 9.59 Å². The molecule has 1 aliphatic heterocycles. The Hall–Kier alpha value is -4.20. The van der Waals surface area contributed by atoms with Crippen LogP contribution in [0.15, 0.2) is 106 Å². The Labute approximate surface area is 239 Å². The number of carbonyl (C=O) groups is 1. The summed E-state index contributed by atoms with van der Waals surface area (Å²) in [5.74, 6) is -0.461. The van der Waals surface area contributed by atoms with Gasteiger partial charge in [-0.1, -0.05) is 83.6 Å². The number of para-hydroxylation sites is 1. The van der Waals surface area contributed by atoms with Crippen molar-refractivity contribution in [1.82, 2.24) is 9.13 Å². The molecule has 6 rings (SSSR count). The normalized spacial score (nSPS) is 15.3. The molecule has 0 N–H and O–H groups in total. The fourth-order valence-electron chi connectivity index (χ4n) is 5.19. The van der Waals surface area contributed by atoms with E-state index < -0.39 is 12.0 Å². The average Bonchev–Trinajstić information content (AvgIpc) is 3.46. The smallest absolute Gasteiger partial charge is 0.338 e. The highest BCUT2D eigenvalue weighted by Crippen LogP contribution is 2.30. The first-order valence-corrected chi connectivity index (χ1v) is 14.2. The number of carbonyl (C=O) groups excluding carboxylic acids is 1. The summed E-state index contributed by atoms with van der Waals surface area (Å²) in [4.78, 5) is 32.3. The Morgan fingerprint density at radius 3 is 2.52 bits per heavy atom. The molecular weight excluding hydrogens is 542 g/mol. The molecule has 0 saturated carbocycles. The lowest BCUT2D eigenvalue weighted by atomic mass is 9.96. The van der Waals surface area contributed by atoms with E-state index in [0.717, 1.165) is 27.6 Å². The van der Waals surface area contributed by atoms with Crippen LogP contribution in [-0.2, 0) is 16.1 Å². The second-order valence-corrected chi connectivity index (χ2v) is 11.0. The van der Waals surface area contributed by atoms with Gasteiger partial charge in [0.15, 0.2) is 4.80 Å². The highest BCUT2D eigenvalue weighted by atomic mass is 35.5. The Morgan fingerprint density at radius 1 is 1.05 bits per heavy atom. The summed E-state index contributed by atoms with van der Waals surface area (Å²) < 4.78 is 9.73. The van der Waals surface area contributed by atoms with Crippen LogP contribution in [0, 0.1) is 0 Å². The molecule has 0 saturated heterocycles. The van der Waals surface area contributed by atoms with Crippen molar-refractivity contribution in [3.8, 4) is 0 Å². The summed E-state index contributed by atoms with van der Waals surface area (Å²) in [6, 6.07) is 24.9. The summed E-state index contributed by atoms with van der Waals surface area (Å²) >= 11 is 7.41. The average molecular weight is 568 g/mol. The van der Waals surface area contributed by atoms with Crippen molar-refractivity contribution in [3.05, 3.63) is 138 Å². The molecule has 6 nitrogen and oxygen atoms in total. The van der Waals surface area contributed by atoms with E-state index >= 15 is 0 Å². The molecule has 0 fully saturated rings. The van der Waals surface area contributed by atoms with Crippen molar-refractivity contribution in [1.29, 1.82) is 0 Å². The van der Waals surface area contributed by atoms with E-state index in [4.69, 9.17) is 16.3 Å². The largest absolute Gasteiger partial charge is 0.463 e. The lowest BCUT2D eigenvalue weighted by molar-refractivity contribution is -0.139. The minimum atomic E-state index is -0.620. The van der Waals surface area contributed by atoms with Crippen LogP contribution in [0.3, 0.4) is 0 Å². The molecule has 1 unspecified atom stereocenters. The first kappa shape index (κ1) is 26.0. The van der Waals surface area contributed by atoms with Gasteiger partial charge in [0.25, 0.3) is 5.56 Å². The van der Waals surface area contributed by atoms with Crippen LogP contribution in [0.1, 0.15) is 36.6 Å². The van der Waals surface area contributed by atoms with E-state index in [2.05, 4.69) is 27.9 Å². The number of fused-ring (bicyclic) bond motifs is 2. The van der Waals surface area contributed by atoms with Crippen molar-refractivity contribution < 1.29 is 9.53 Å². The Bertz CT molecular complexity index is 1950. The SMILES string of the molecule is CCOC(=O)C1=C(C)N=c2s/c(=C/c3cn(Cc4ccc(Cl)cc4)c4ccccc34)c(=O)n2C1c1ccccc1. The number of allylic oxidation sites excluding steroid dienone is 1. The molecule has 3 aromatic carbocycles. The van der Waals surface area contributed by atoms with Gasteiger partial charge in [-0.05, 0) is 49.2 Å². The minimum absolute atomic E-state index is 0.193. The van der Waals surface area contributed by atoms with Crippen molar-refractivity contribution in [3.63, 3.8) is 0 Å². The standard InChI is InChI=1S/C32H26ClN3O3S/c1-3-39-31(38)28-20(2)34-32-36(29(28)22-9-5-4-6-10-22)30(37)27(40-32)17-23-19-35(26-12-8-7-11-25(23)26)18-21-13-15-24(33)16-14-21/h4-17,19,29H,3,18H2,1-2H3/b27-17+. The molecule has 3 heterocycles. The monoisotopic (exact) mass is 567 g/mol. The summed E-state index contributed by atoms with van der Waals surface area (Å²) in [6.45, 7) is 4.47.